The van der Waals surface area contributed by atoms with Crippen LogP contribution in [0.3, 0.4) is 0 Å². The topological polar surface area (TPSA) is 66.0 Å². The molecule has 0 unspecified atom stereocenters. The molecule has 0 spiro atoms. The predicted molar refractivity (Wildman–Crippen MR) is 89.2 cm³/mol. The van der Waals surface area contributed by atoms with Crippen LogP contribution in [0.4, 0.5) is 5.69 Å². The highest BCUT2D eigenvalue weighted by Crippen LogP contribution is 2.15. The van der Waals surface area contributed by atoms with Crippen molar-refractivity contribution in [2.24, 2.45) is 0 Å². The van der Waals surface area contributed by atoms with Gasteiger partial charge in [-0.25, -0.2) is 0 Å². The first-order chi connectivity index (χ1) is 11.4. The Labute approximate surface area is 138 Å². The molecule has 0 aliphatic carbocycles. The van der Waals surface area contributed by atoms with E-state index in [2.05, 4.69) is 5.32 Å². The Hall–Kier alpha value is -1.63. The molecule has 0 fully saturated rings. The first-order valence-electron chi connectivity index (χ1n) is 7.94. The number of hydrogen-bond donors (Lipinski definition) is 1. The number of carbonyl (C=O) groups is 1. The number of nitrogens with one attached hydrogen (secondary N) is 1. The first kappa shape index (κ1) is 19.4. The number of carbonyl (C=O) groups excluding carboxylic acids is 1. The molecule has 0 aliphatic heterocycles. The summed E-state index contributed by atoms with van der Waals surface area (Å²) in [6.45, 7) is 3.54. The van der Waals surface area contributed by atoms with E-state index in [4.69, 9.17) is 18.9 Å². The van der Waals surface area contributed by atoms with E-state index >= 15 is 0 Å². The summed E-state index contributed by atoms with van der Waals surface area (Å²) in [5.74, 6) is 0.884. The third-order valence-electron chi connectivity index (χ3n) is 3.02. The fraction of sp³-hybridized carbons (Fsp3) is 0.588. The van der Waals surface area contributed by atoms with Gasteiger partial charge in [-0.05, 0) is 37.1 Å². The lowest BCUT2D eigenvalue weighted by molar-refractivity contribution is -0.112. The van der Waals surface area contributed by atoms with Gasteiger partial charge in [0.25, 0.3) is 0 Å². The van der Waals surface area contributed by atoms with Crippen molar-refractivity contribution in [1.29, 1.82) is 0 Å². The van der Waals surface area contributed by atoms with Crippen LogP contribution in [0.15, 0.2) is 24.3 Å². The van der Waals surface area contributed by atoms with Crippen molar-refractivity contribution in [3.63, 3.8) is 0 Å². The molecule has 6 heteroatoms. The molecule has 0 aromatic heterocycles. The molecule has 1 aromatic rings. The summed E-state index contributed by atoms with van der Waals surface area (Å²) >= 11 is 0. The van der Waals surface area contributed by atoms with E-state index in [0.717, 1.165) is 30.6 Å². The monoisotopic (exact) mass is 325 g/mol. The number of hydrogen-bond acceptors (Lipinski definition) is 6. The summed E-state index contributed by atoms with van der Waals surface area (Å²) in [5.41, 5.74) is 1.07. The maximum absolute atomic E-state index is 10.00. The molecule has 0 heterocycles. The summed E-state index contributed by atoms with van der Waals surface area (Å²) in [4.78, 5) is 10.00. The van der Waals surface area contributed by atoms with Crippen molar-refractivity contribution in [3.05, 3.63) is 24.3 Å². The van der Waals surface area contributed by atoms with Crippen LogP contribution in [0, 0.1) is 0 Å². The minimum atomic E-state index is 0.127. The molecular formula is C17H27NO5. The van der Waals surface area contributed by atoms with Gasteiger partial charge in [-0.1, -0.05) is 0 Å². The van der Waals surface area contributed by atoms with E-state index in [1.807, 2.05) is 31.3 Å². The Morgan fingerprint density at radius 3 is 2.13 bits per heavy atom. The molecule has 0 atom stereocenters. The number of ether oxygens (including phenoxy) is 4. The van der Waals surface area contributed by atoms with Gasteiger partial charge >= 0.3 is 0 Å². The maximum atomic E-state index is 10.00. The zero-order chi connectivity index (χ0) is 16.6. The highest BCUT2D eigenvalue weighted by Gasteiger charge is 1.95. The summed E-state index contributed by atoms with van der Waals surface area (Å²) in [7, 11) is 1.89. The average molecular weight is 325 g/mol. The van der Waals surface area contributed by atoms with Crippen LogP contribution in [0.5, 0.6) is 5.75 Å². The van der Waals surface area contributed by atoms with Crippen LogP contribution < -0.4 is 10.1 Å². The number of benzene rings is 1. The third-order valence-corrected chi connectivity index (χ3v) is 3.02. The summed E-state index contributed by atoms with van der Waals surface area (Å²) in [6, 6.07) is 7.89. The molecule has 6 nitrogen and oxygen atoms in total. The van der Waals surface area contributed by atoms with Gasteiger partial charge in [0.2, 0.25) is 0 Å². The molecule has 0 bridgehead atoms. The second-order valence-corrected chi connectivity index (χ2v) is 4.80. The quantitative estimate of drug-likeness (QED) is 0.394. The number of aldehydes is 1. The van der Waals surface area contributed by atoms with Crippen molar-refractivity contribution < 1.29 is 23.7 Å². The Kier molecular flexibility index (Phi) is 11.8. The van der Waals surface area contributed by atoms with Gasteiger partial charge in [0, 0.05) is 19.3 Å². The SMILES string of the molecule is CNc1ccc(OCCCCOCCOCCOCC=O)cc1. The van der Waals surface area contributed by atoms with Crippen LogP contribution in [0.1, 0.15) is 12.8 Å². The summed E-state index contributed by atoms with van der Waals surface area (Å²) < 4.78 is 21.4. The largest absolute Gasteiger partial charge is 0.494 e. The van der Waals surface area contributed by atoms with Crippen LogP contribution in [-0.2, 0) is 19.0 Å². The van der Waals surface area contributed by atoms with Gasteiger partial charge in [-0.15, -0.1) is 0 Å². The van der Waals surface area contributed by atoms with Crippen LogP contribution >= 0.6 is 0 Å². The fourth-order valence-electron chi connectivity index (χ4n) is 1.79. The normalized spacial score (nSPS) is 10.5. The second kappa shape index (κ2) is 14.0. The van der Waals surface area contributed by atoms with Crippen LogP contribution in [-0.4, -0.2) is 59.6 Å². The summed E-state index contributed by atoms with van der Waals surface area (Å²) in [6.07, 6.45) is 2.63. The smallest absolute Gasteiger partial charge is 0.145 e. The van der Waals surface area contributed by atoms with Crippen LogP contribution in [0.2, 0.25) is 0 Å². The molecule has 0 saturated heterocycles. The van der Waals surface area contributed by atoms with Gasteiger partial charge in [0.1, 0.15) is 18.6 Å². The zero-order valence-corrected chi connectivity index (χ0v) is 13.8. The lowest BCUT2D eigenvalue weighted by Crippen LogP contribution is -2.10. The van der Waals surface area contributed by atoms with E-state index in [0.29, 0.717) is 39.6 Å². The predicted octanol–water partition coefficient (Wildman–Crippen LogP) is 2.14. The van der Waals surface area contributed by atoms with Crippen molar-refractivity contribution in [2.45, 2.75) is 12.8 Å². The van der Waals surface area contributed by atoms with Gasteiger partial charge in [0.15, 0.2) is 0 Å². The molecule has 0 aliphatic rings. The molecule has 130 valence electrons. The maximum Gasteiger partial charge on any atom is 0.145 e. The third kappa shape index (κ3) is 10.7. The highest BCUT2D eigenvalue weighted by atomic mass is 16.5. The minimum Gasteiger partial charge on any atom is -0.494 e. The van der Waals surface area contributed by atoms with Crippen LogP contribution in [0.25, 0.3) is 0 Å². The van der Waals surface area contributed by atoms with Crippen molar-refractivity contribution in [3.8, 4) is 5.75 Å². The Morgan fingerprint density at radius 2 is 1.48 bits per heavy atom. The van der Waals surface area contributed by atoms with Crippen molar-refractivity contribution >= 4 is 12.0 Å². The Bertz CT molecular complexity index is 396. The second-order valence-electron chi connectivity index (χ2n) is 4.80. The molecule has 0 amide bonds. The molecule has 1 aromatic carbocycles. The lowest BCUT2D eigenvalue weighted by Gasteiger charge is -2.08. The van der Waals surface area contributed by atoms with E-state index in [1.54, 1.807) is 0 Å². The Morgan fingerprint density at radius 1 is 0.870 bits per heavy atom. The molecule has 1 N–H and O–H groups in total. The first-order valence-corrected chi connectivity index (χ1v) is 7.94. The average Bonchev–Trinajstić information content (AvgIpc) is 2.59. The molecule has 0 radical (unpaired) electrons. The summed E-state index contributed by atoms with van der Waals surface area (Å²) in [5, 5.41) is 3.07. The molecule has 1 rings (SSSR count). The number of rotatable bonds is 15. The molecular weight excluding hydrogens is 298 g/mol. The van der Waals surface area contributed by atoms with Gasteiger partial charge in [-0.3, -0.25) is 0 Å². The van der Waals surface area contributed by atoms with E-state index in [1.165, 1.54) is 0 Å². The minimum absolute atomic E-state index is 0.127. The van der Waals surface area contributed by atoms with E-state index in [-0.39, 0.29) is 6.61 Å². The van der Waals surface area contributed by atoms with Crippen molar-refractivity contribution in [1.82, 2.24) is 0 Å². The van der Waals surface area contributed by atoms with E-state index < -0.39 is 0 Å². The van der Waals surface area contributed by atoms with Crippen molar-refractivity contribution in [2.75, 3.05) is 58.6 Å². The van der Waals surface area contributed by atoms with Gasteiger partial charge in [0.05, 0.1) is 33.0 Å². The number of anilines is 1. The molecule has 0 saturated carbocycles. The lowest BCUT2D eigenvalue weighted by atomic mass is 10.3. The van der Waals surface area contributed by atoms with Gasteiger partial charge in [-0.2, -0.15) is 0 Å². The zero-order valence-electron chi connectivity index (χ0n) is 13.8. The molecule has 23 heavy (non-hydrogen) atoms. The Balaban J connectivity index is 1.83. The van der Waals surface area contributed by atoms with Gasteiger partial charge < -0.3 is 29.1 Å². The fourth-order valence-corrected chi connectivity index (χ4v) is 1.79. The van der Waals surface area contributed by atoms with E-state index in [9.17, 15) is 4.79 Å². The highest BCUT2D eigenvalue weighted by molar-refractivity contribution is 5.50. The number of unbranched alkanes of at least 4 members (excludes halogenated alkanes) is 1. The standard InChI is InChI=1S/C17H27NO5/c1-18-16-4-6-17(7-5-16)23-10-3-2-9-20-12-14-22-15-13-21-11-8-19/h4-8,18H,2-3,9-15H2,1H3.